The van der Waals surface area contributed by atoms with Gasteiger partial charge in [0.25, 0.3) is 26.1 Å². The van der Waals surface area contributed by atoms with Crippen molar-refractivity contribution in [1.29, 1.82) is 0 Å². The predicted molar refractivity (Wildman–Crippen MR) is 118 cm³/mol. The first-order valence-corrected chi connectivity index (χ1v) is 11.3. The molecule has 0 saturated heterocycles. The topological polar surface area (TPSA) is 166 Å². The first-order chi connectivity index (χ1) is 13.9. The zero-order valence-corrected chi connectivity index (χ0v) is 23.4. The molecule has 0 bridgehead atoms. The van der Waals surface area contributed by atoms with E-state index in [9.17, 15) is 26.2 Å². The van der Waals surface area contributed by atoms with Gasteiger partial charge in [0.05, 0.1) is 27.0 Å². The summed E-state index contributed by atoms with van der Waals surface area (Å²) in [4.78, 5) is 11.8. The molecular formula is C16H13ClN4Na2O7S2. The smallest absolute Gasteiger partial charge is 0.282 e. The van der Waals surface area contributed by atoms with Crippen molar-refractivity contribution in [3.8, 4) is 0 Å². The number of nitrogens with zero attached hydrogens (tertiary/aromatic N) is 4. The Hall–Kier alpha value is -0.710. The Morgan fingerprint density at radius 2 is 1.59 bits per heavy atom. The summed E-state index contributed by atoms with van der Waals surface area (Å²) >= 11 is 6.03. The van der Waals surface area contributed by atoms with E-state index in [4.69, 9.17) is 16.2 Å². The molecule has 2 aromatic rings. The van der Waals surface area contributed by atoms with Crippen LogP contribution in [-0.2, 0) is 25.0 Å². The van der Waals surface area contributed by atoms with E-state index >= 15 is 0 Å². The zero-order valence-electron chi connectivity index (χ0n) is 17.0. The molecule has 2 radical (unpaired) electrons. The average Bonchev–Trinajstić information content (AvgIpc) is 2.92. The number of carbonyl (C=O) groups is 1. The molecular weight excluding hydrogens is 506 g/mol. The van der Waals surface area contributed by atoms with Crippen molar-refractivity contribution >= 4 is 114 Å². The Labute approximate surface area is 233 Å². The van der Waals surface area contributed by atoms with Crippen LogP contribution in [0.5, 0.6) is 0 Å². The molecule has 0 saturated carbocycles. The monoisotopic (exact) mass is 518 g/mol. The van der Waals surface area contributed by atoms with Gasteiger partial charge in [-0.3, -0.25) is 13.9 Å². The predicted octanol–water partition coefficient (Wildman–Crippen LogP) is 1.95. The summed E-state index contributed by atoms with van der Waals surface area (Å²) in [5.74, 6) is -0.666. The largest absolute Gasteiger partial charge is 0.296 e. The van der Waals surface area contributed by atoms with E-state index in [0.717, 1.165) is 23.2 Å². The van der Waals surface area contributed by atoms with Crippen molar-refractivity contribution in [1.82, 2.24) is 0 Å². The first kappa shape index (κ1) is 29.3. The van der Waals surface area contributed by atoms with Gasteiger partial charge >= 0.3 is 0 Å². The van der Waals surface area contributed by atoms with Crippen LogP contribution in [0.25, 0.3) is 0 Å². The zero-order chi connectivity index (χ0) is 22.3. The van der Waals surface area contributed by atoms with Gasteiger partial charge in [-0.25, -0.2) is 0 Å². The molecule has 32 heavy (non-hydrogen) atoms. The SMILES string of the molecule is CC1=NN(c2cccc(S(=O)(=O)O)c2Cl)C(=O)C1N=Nc1ccc(S(=O)(=O)O)cc1.[Na].[Na]. The van der Waals surface area contributed by atoms with Crippen LogP contribution >= 0.6 is 11.6 Å². The first-order valence-electron chi connectivity index (χ1n) is 8.03. The number of halogens is 1. The minimum Gasteiger partial charge on any atom is -0.282 e. The van der Waals surface area contributed by atoms with Crippen molar-refractivity contribution in [2.45, 2.75) is 22.8 Å². The molecule has 1 atom stereocenters. The Kier molecular flexibility index (Phi) is 10.2. The second-order valence-corrected chi connectivity index (χ2v) is 9.23. The molecule has 0 fully saturated rings. The molecule has 1 aliphatic rings. The molecule has 3 rings (SSSR count). The number of amides is 1. The quantitative estimate of drug-likeness (QED) is 0.346. The van der Waals surface area contributed by atoms with Crippen molar-refractivity contribution in [3.63, 3.8) is 0 Å². The maximum absolute atomic E-state index is 12.7. The van der Waals surface area contributed by atoms with Gasteiger partial charge in [0.2, 0.25) is 0 Å². The van der Waals surface area contributed by atoms with Crippen LogP contribution in [0, 0.1) is 0 Å². The van der Waals surface area contributed by atoms with Crippen LogP contribution in [-0.4, -0.2) is 103 Å². The van der Waals surface area contributed by atoms with Gasteiger partial charge < -0.3 is 0 Å². The molecule has 1 aliphatic heterocycles. The van der Waals surface area contributed by atoms with Crippen LogP contribution in [0.3, 0.4) is 0 Å². The fraction of sp³-hybridized carbons (Fsp3) is 0.125. The molecule has 160 valence electrons. The van der Waals surface area contributed by atoms with E-state index in [2.05, 4.69) is 15.3 Å². The molecule has 0 aromatic heterocycles. The van der Waals surface area contributed by atoms with Gasteiger partial charge in [-0.05, 0) is 43.3 Å². The van der Waals surface area contributed by atoms with Crippen molar-refractivity contribution < 1.29 is 30.7 Å². The molecule has 11 nitrogen and oxygen atoms in total. The second-order valence-electron chi connectivity index (χ2n) is 6.04. The minimum absolute atomic E-state index is 0. The number of benzene rings is 2. The van der Waals surface area contributed by atoms with Crippen LogP contribution in [0.2, 0.25) is 5.02 Å². The molecule has 1 amide bonds. The van der Waals surface area contributed by atoms with Crippen molar-refractivity contribution in [2.24, 2.45) is 15.3 Å². The summed E-state index contributed by atoms with van der Waals surface area (Å²) < 4.78 is 63.2. The number of hydrogen-bond acceptors (Lipinski definition) is 8. The van der Waals surface area contributed by atoms with Gasteiger partial charge in [-0.2, -0.15) is 37.2 Å². The molecule has 0 aliphatic carbocycles. The van der Waals surface area contributed by atoms with Crippen molar-refractivity contribution in [3.05, 3.63) is 47.5 Å². The third kappa shape index (κ3) is 6.45. The van der Waals surface area contributed by atoms with Gasteiger partial charge in [-0.15, -0.1) is 0 Å². The van der Waals surface area contributed by atoms with Crippen LogP contribution in [0.15, 0.2) is 67.6 Å². The standard InChI is InChI=1S/C16H13ClN4O7S2.2Na/c1-9-15(19-18-10-5-7-11(8-6-10)29(23,24)25)16(22)21(20-9)12-3-2-4-13(14(12)17)30(26,27)28;;/h2-8,15H,1H3,(H,23,24,25)(H,26,27,28);;. The fourth-order valence-corrected chi connectivity index (χ4v) is 4.09. The van der Waals surface area contributed by atoms with Crippen LogP contribution < -0.4 is 5.01 Å². The Morgan fingerprint density at radius 3 is 2.12 bits per heavy atom. The number of hydrogen-bond donors (Lipinski definition) is 2. The summed E-state index contributed by atoms with van der Waals surface area (Å²) in [5.41, 5.74) is 0.394. The van der Waals surface area contributed by atoms with Crippen LogP contribution in [0.4, 0.5) is 11.4 Å². The summed E-state index contributed by atoms with van der Waals surface area (Å²) in [6, 6.07) is 7.38. The molecule has 2 N–H and O–H groups in total. The third-order valence-corrected chi connectivity index (χ3v) is 6.24. The Balaban J connectivity index is 0.00000256. The maximum Gasteiger partial charge on any atom is 0.296 e. The molecule has 16 heteroatoms. The summed E-state index contributed by atoms with van der Waals surface area (Å²) in [5, 5.41) is 12.3. The van der Waals surface area contributed by atoms with Gasteiger partial charge in [-0.1, -0.05) is 17.7 Å². The molecule has 2 aromatic carbocycles. The average molecular weight is 519 g/mol. The van der Waals surface area contributed by atoms with E-state index < -0.39 is 37.1 Å². The van der Waals surface area contributed by atoms with E-state index in [-0.39, 0.29) is 86.1 Å². The van der Waals surface area contributed by atoms with Gasteiger partial charge in [0.1, 0.15) is 4.90 Å². The molecule has 0 spiro atoms. The summed E-state index contributed by atoms with van der Waals surface area (Å²) in [6.45, 7) is 1.50. The van der Waals surface area contributed by atoms with Crippen LogP contribution in [0.1, 0.15) is 6.92 Å². The van der Waals surface area contributed by atoms with Gasteiger partial charge in [0, 0.05) is 59.1 Å². The summed E-state index contributed by atoms with van der Waals surface area (Å²) in [7, 11) is -8.96. The number of hydrazone groups is 1. The fourth-order valence-electron chi connectivity index (χ4n) is 2.53. The number of rotatable bonds is 5. The second kappa shape index (κ2) is 11.1. The van der Waals surface area contributed by atoms with E-state index in [1.54, 1.807) is 0 Å². The van der Waals surface area contributed by atoms with E-state index in [1.807, 2.05) is 0 Å². The number of azo groups is 1. The van der Waals surface area contributed by atoms with E-state index in [0.29, 0.717) is 0 Å². The molecule has 1 unspecified atom stereocenters. The molecule has 1 heterocycles. The number of carbonyl (C=O) groups excluding carboxylic acids is 1. The Bertz CT molecular complexity index is 1300. The van der Waals surface area contributed by atoms with Crippen molar-refractivity contribution in [2.75, 3.05) is 5.01 Å². The third-order valence-electron chi connectivity index (χ3n) is 3.97. The van der Waals surface area contributed by atoms with Gasteiger partial charge in [0.15, 0.2) is 6.04 Å². The maximum atomic E-state index is 12.7. The number of anilines is 1. The van der Waals surface area contributed by atoms with E-state index in [1.165, 1.54) is 31.2 Å². The Morgan fingerprint density at radius 1 is 1.00 bits per heavy atom. The normalized spacial score (nSPS) is 16.5. The minimum atomic E-state index is -4.61. The summed E-state index contributed by atoms with van der Waals surface area (Å²) in [6.07, 6.45) is 0.